The molecule has 0 spiro atoms. The number of hydrogen-bond acceptors (Lipinski definition) is 7. The third-order valence-corrected chi connectivity index (χ3v) is 5.70. The first kappa shape index (κ1) is 21.7. The molecule has 4 rings (SSSR count). The van der Waals surface area contributed by atoms with E-state index in [4.69, 9.17) is 14.0 Å². The number of anilines is 1. The van der Waals surface area contributed by atoms with E-state index in [0.29, 0.717) is 42.7 Å². The van der Waals surface area contributed by atoms with Gasteiger partial charge in [-0.15, -0.1) is 0 Å². The average Bonchev–Trinajstić information content (AvgIpc) is 3.33. The highest BCUT2D eigenvalue weighted by Gasteiger charge is 2.22. The smallest absolute Gasteiger partial charge is 0.227 e. The van der Waals surface area contributed by atoms with E-state index >= 15 is 0 Å². The van der Waals surface area contributed by atoms with Crippen LogP contribution < -0.4 is 14.4 Å². The topological polar surface area (TPSA) is 80.9 Å². The van der Waals surface area contributed by atoms with E-state index < -0.39 is 0 Å². The lowest BCUT2D eigenvalue weighted by molar-refractivity contribution is -0.130. The maximum absolute atomic E-state index is 12.8. The van der Waals surface area contributed by atoms with E-state index in [-0.39, 0.29) is 5.91 Å². The molecule has 168 valence electrons. The Morgan fingerprint density at radius 3 is 2.34 bits per heavy atom. The second-order valence-corrected chi connectivity index (χ2v) is 7.65. The van der Waals surface area contributed by atoms with Gasteiger partial charge in [-0.05, 0) is 42.0 Å². The van der Waals surface area contributed by atoms with Crippen molar-refractivity contribution in [1.82, 2.24) is 15.0 Å². The summed E-state index contributed by atoms with van der Waals surface area (Å²) in [5, 5.41) is 4.02. The van der Waals surface area contributed by atoms with E-state index in [0.717, 1.165) is 36.3 Å². The number of rotatable bonds is 7. The van der Waals surface area contributed by atoms with Gasteiger partial charge in [0.15, 0.2) is 11.5 Å². The van der Waals surface area contributed by atoms with Gasteiger partial charge in [-0.3, -0.25) is 4.79 Å². The fraction of sp³-hybridized carbons (Fsp3) is 0.375. The lowest BCUT2D eigenvalue weighted by atomic mass is 10.1. The highest BCUT2D eigenvalue weighted by Crippen LogP contribution is 2.28. The number of benzene rings is 2. The summed E-state index contributed by atoms with van der Waals surface area (Å²) in [5.41, 5.74) is 2.97. The van der Waals surface area contributed by atoms with Gasteiger partial charge >= 0.3 is 0 Å². The normalized spacial score (nSPS) is 13.8. The molecule has 2 aromatic carbocycles. The highest BCUT2D eigenvalue weighted by atomic mass is 16.5. The molecule has 1 fully saturated rings. The maximum Gasteiger partial charge on any atom is 0.227 e. The summed E-state index contributed by atoms with van der Waals surface area (Å²) in [4.78, 5) is 21.4. The van der Waals surface area contributed by atoms with Gasteiger partial charge in [0.25, 0.3) is 0 Å². The van der Waals surface area contributed by atoms with Gasteiger partial charge in [0.05, 0.1) is 20.6 Å². The summed E-state index contributed by atoms with van der Waals surface area (Å²) >= 11 is 0. The molecule has 32 heavy (non-hydrogen) atoms. The molecule has 1 aliphatic heterocycles. The number of carbonyl (C=O) groups is 1. The summed E-state index contributed by atoms with van der Waals surface area (Å²) < 4.78 is 15.8. The molecule has 0 radical (unpaired) electrons. The van der Waals surface area contributed by atoms with Crippen LogP contribution in [0.5, 0.6) is 11.5 Å². The van der Waals surface area contributed by atoms with Crippen LogP contribution in [0, 0.1) is 0 Å². The molecule has 0 aliphatic carbocycles. The molecular formula is C24H28N4O4. The van der Waals surface area contributed by atoms with E-state index in [1.807, 2.05) is 42.2 Å². The molecule has 0 bridgehead atoms. The van der Waals surface area contributed by atoms with E-state index in [2.05, 4.69) is 27.2 Å². The molecule has 0 saturated carbocycles. The number of methoxy groups -OCH3 is 2. The number of nitrogens with zero attached hydrogens (tertiary/aromatic N) is 4. The van der Waals surface area contributed by atoms with E-state index in [1.54, 1.807) is 14.2 Å². The van der Waals surface area contributed by atoms with Crippen LogP contribution in [-0.4, -0.2) is 61.3 Å². The molecule has 1 amide bonds. The molecule has 1 aromatic heterocycles. The largest absolute Gasteiger partial charge is 0.493 e. The van der Waals surface area contributed by atoms with Crippen molar-refractivity contribution >= 4 is 11.6 Å². The summed E-state index contributed by atoms with van der Waals surface area (Å²) in [6.07, 6.45) is 1.07. The van der Waals surface area contributed by atoms with Gasteiger partial charge in [-0.25, -0.2) is 0 Å². The molecule has 8 heteroatoms. The second kappa shape index (κ2) is 9.72. The highest BCUT2D eigenvalue weighted by molar-refractivity contribution is 5.79. The molecule has 1 aliphatic rings. The zero-order valence-electron chi connectivity index (χ0n) is 18.7. The van der Waals surface area contributed by atoms with Gasteiger partial charge in [0.1, 0.15) is 0 Å². The van der Waals surface area contributed by atoms with Gasteiger partial charge in [0.2, 0.25) is 17.6 Å². The third kappa shape index (κ3) is 4.69. The first-order valence-electron chi connectivity index (χ1n) is 10.8. The molecule has 1 saturated heterocycles. The van der Waals surface area contributed by atoms with Crippen molar-refractivity contribution in [2.75, 3.05) is 45.3 Å². The summed E-state index contributed by atoms with van der Waals surface area (Å²) in [5.74, 6) is 2.67. The Morgan fingerprint density at radius 1 is 1.00 bits per heavy atom. The number of amides is 1. The van der Waals surface area contributed by atoms with E-state index in [9.17, 15) is 4.79 Å². The quantitative estimate of drug-likeness (QED) is 0.563. The average molecular weight is 437 g/mol. The van der Waals surface area contributed by atoms with Crippen molar-refractivity contribution in [1.29, 1.82) is 0 Å². The maximum atomic E-state index is 12.8. The molecule has 8 nitrogen and oxygen atoms in total. The summed E-state index contributed by atoms with van der Waals surface area (Å²) in [7, 11) is 3.20. The van der Waals surface area contributed by atoms with Gasteiger partial charge in [-0.2, -0.15) is 4.98 Å². The summed E-state index contributed by atoms with van der Waals surface area (Å²) in [6, 6.07) is 13.8. The molecule has 0 atom stereocenters. The van der Waals surface area contributed by atoms with Crippen molar-refractivity contribution in [3.8, 4) is 22.9 Å². The Bertz CT molecular complexity index is 1060. The van der Waals surface area contributed by atoms with Crippen LogP contribution >= 0.6 is 0 Å². The monoisotopic (exact) mass is 436 g/mol. The Kier molecular flexibility index (Phi) is 6.58. The minimum Gasteiger partial charge on any atom is -0.493 e. The van der Waals surface area contributed by atoms with Crippen LogP contribution in [0.2, 0.25) is 0 Å². The Balaban J connectivity index is 1.33. The van der Waals surface area contributed by atoms with Crippen LogP contribution in [0.4, 0.5) is 5.69 Å². The number of carbonyl (C=O) groups excluding carboxylic acids is 1. The first-order valence-corrected chi connectivity index (χ1v) is 10.8. The lowest BCUT2D eigenvalue weighted by Crippen LogP contribution is -2.49. The Labute approximate surface area is 187 Å². The number of ether oxygens (including phenoxy) is 2. The van der Waals surface area contributed by atoms with Crippen molar-refractivity contribution in [2.45, 2.75) is 19.8 Å². The minimum atomic E-state index is 0.121. The zero-order chi connectivity index (χ0) is 22.5. The number of piperazine rings is 1. The summed E-state index contributed by atoms with van der Waals surface area (Å²) in [6.45, 7) is 4.95. The number of hydrogen-bond donors (Lipinski definition) is 0. The van der Waals surface area contributed by atoms with Crippen LogP contribution in [0.25, 0.3) is 11.4 Å². The third-order valence-electron chi connectivity index (χ3n) is 5.70. The first-order chi connectivity index (χ1) is 15.6. The zero-order valence-corrected chi connectivity index (χ0v) is 18.7. The van der Waals surface area contributed by atoms with Crippen LogP contribution in [0.3, 0.4) is 0 Å². The Hall–Kier alpha value is -3.55. The lowest BCUT2D eigenvalue weighted by Gasteiger charge is -2.36. The van der Waals surface area contributed by atoms with E-state index in [1.165, 1.54) is 0 Å². The molecule has 0 N–H and O–H groups in total. The van der Waals surface area contributed by atoms with Crippen molar-refractivity contribution in [3.05, 3.63) is 53.9 Å². The fourth-order valence-electron chi connectivity index (χ4n) is 3.83. The standard InChI is InChI=1S/C24H28N4O4/c1-4-22-25-24(26-32-22)18-6-8-19(9-7-18)27-11-13-28(14-12-27)23(29)16-17-5-10-20(30-2)21(15-17)31-3/h5-10,15H,4,11-14,16H2,1-3H3. The predicted octanol–water partition coefficient (Wildman–Crippen LogP) is 3.21. The minimum absolute atomic E-state index is 0.121. The van der Waals surface area contributed by atoms with Crippen LogP contribution in [0.15, 0.2) is 47.0 Å². The fourth-order valence-corrected chi connectivity index (χ4v) is 3.83. The Morgan fingerprint density at radius 2 is 1.72 bits per heavy atom. The molecule has 0 unspecified atom stereocenters. The van der Waals surface area contributed by atoms with Crippen molar-refractivity contribution in [3.63, 3.8) is 0 Å². The van der Waals surface area contributed by atoms with Crippen LogP contribution in [-0.2, 0) is 17.6 Å². The predicted molar refractivity (Wildman–Crippen MR) is 121 cm³/mol. The molecule has 2 heterocycles. The SMILES string of the molecule is CCc1nc(-c2ccc(N3CCN(C(=O)Cc4ccc(OC)c(OC)c4)CC3)cc2)no1. The molecule has 3 aromatic rings. The molecular weight excluding hydrogens is 408 g/mol. The van der Waals surface area contributed by atoms with Gasteiger partial charge < -0.3 is 23.8 Å². The van der Waals surface area contributed by atoms with Gasteiger partial charge in [-0.1, -0.05) is 18.1 Å². The number of aromatic nitrogens is 2. The number of aryl methyl sites for hydroxylation is 1. The van der Waals surface area contributed by atoms with Crippen molar-refractivity contribution < 1.29 is 18.8 Å². The second-order valence-electron chi connectivity index (χ2n) is 7.65. The van der Waals surface area contributed by atoms with Crippen LogP contribution in [0.1, 0.15) is 18.4 Å². The van der Waals surface area contributed by atoms with Crippen molar-refractivity contribution in [2.24, 2.45) is 0 Å². The van der Waals surface area contributed by atoms with Gasteiger partial charge in [0, 0.05) is 43.9 Å².